The quantitative estimate of drug-likeness (QED) is 0.765. The monoisotopic (exact) mass is 297 g/mol. The number of aliphatic hydroxyl groups is 1. The minimum absolute atomic E-state index is 0.381. The van der Waals surface area contributed by atoms with E-state index < -0.39 is 23.5 Å². The number of hydrogen-bond donors (Lipinski definition) is 3. The molecule has 1 fully saturated rings. The molecular formula is C14H16ClNO4. The molecule has 0 unspecified atom stereocenters. The van der Waals surface area contributed by atoms with E-state index in [4.69, 9.17) is 16.7 Å². The maximum Gasteiger partial charge on any atom is 0.328 e. The molecule has 1 aliphatic carbocycles. The molecule has 0 saturated heterocycles. The van der Waals surface area contributed by atoms with Crippen molar-refractivity contribution in [3.63, 3.8) is 0 Å². The van der Waals surface area contributed by atoms with Gasteiger partial charge in [-0.2, -0.15) is 0 Å². The highest BCUT2D eigenvalue weighted by Crippen LogP contribution is 2.48. The molecule has 0 aromatic heterocycles. The van der Waals surface area contributed by atoms with Gasteiger partial charge in [0.25, 0.3) is 0 Å². The molecule has 1 amide bonds. The Balaban J connectivity index is 2.18. The smallest absolute Gasteiger partial charge is 0.328 e. The van der Waals surface area contributed by atoms with Crippen LogP contribution in [0.15, 0.2) is 24.3 Å². The maximum atomic E-state index is 12.3. The lowest BCUT2D eigenvalue weighted by molar-refractivity contribution is -0.145. The molecule has 0 heterocycles. The van der Waals surface area contributed by atoms with E-state index in [1.807, 2.05) is 0 Å². The summed E-state index contributed by atoms with van der Waals surface area (Å²) in [7, 11) is 0. The number of rotatable bonds is 5. The van der Waals surface area contributed by atoms with Crippen LogP contribution in [0.4, 0.5) is 0 Å². The minimum atomic E-state index is -1.31. The highest BCUT2D eigenvalue weighted by atomic mass is 35.5. The molecule has 6 heteroatoms. The number of carboxylic acid groups (broad SMARTS) is 1. The van der Waals surface area contributed by atoms with Crippen molar-refractivity contribution < 1.29 is 19.8 Å². The summed E-state index contributed by atoms with van der Waals surface area (Å²) >= 11 is 5.92. The third-order valence-corrected chi connectivity index (χ3v) is 3.83. The van der Waals surface area contributed by atoms with Crippen LogP contribution in [-0.2, 0) is 15.0 Å². The zero-order valence-electron chi connectivity index (χ0n) is 11.0. The molecule has 1 aliphatic rings. The molecular weight excluding hydrogens is 282 g/mol. The first kappa shape index (κ1) is 14.8. The number of aliphatic hydroxyl groups excluding tert-OH is 1. The lowest BCUT2D eigenvalue weighted by atomic mass is 9.94. The van der Waals surface area contributed by atoms with Gasteiger partial charge in [-0.15, -0.1) is 0 Å². The largest absolute Gasteiger partial charge is 0.480 e. The number of hydrogen-bond acceptors (Lipinski definition) is 3. The molecule has 0 aliphatic heterocycles. The molecule has 0 radical (unpaired) electrons. The molecule has 3 N–H and O–H groups in total. The van der Waals surface area contributed by atoms with Crippen LogP contribution >= 0.6 is 11.6 Å². The zero-order valence-corrected chi connectivity index (χ0v) is 11.7. The fourth-order valence-electron chi connectivity index (χ4n) is 2.23. The highest BCUT2D eigenvalue weighted by Gasteiger charge is 2.52. The molecule has 0 bridgehead atoms. The number of carbonyl (C=O) groups excluding carboxylic acids is 1. The Hall–Kier alpha value is -1.59. The molecule has 1 saturated carbocycles. The van der Waals surface area contributed by atoms with E-state index >= 15 is 0 Å². The lowest BCUT2D eigenvalue weighted by Gasteiger charge is -2.21. The van der Waals surface area contributed by atoms with Gasteiger partial charge in [0.05, 0.1) is 11.5 Å². The van der Waals surface area contributed by atoms with Gasteiger partial charge in [-0.05, 0) is 37.5 Å². The molecule has 108 valence electrons. The number of carbonyl (C=O) groups is 2. The fraction of sp³-hybridized carbons (Fsp3) is 0.429. The highest BCUT2D eigenvalue weighted by molar-refractivity contribution is 6.30. The van der Waals surface area contributed by atoms with Gasteiger partial charge in [0.2, 0.25) is 5.91 Å². The van der Waals surface area contributed by atoms with Crippen molar-refractivity contribution in [3.05, 3.63) is 34.9 Å². The lowest BCUT2D eigenvalue weighted by Crippen LogP contribution is -2.50. The van der Waals surface area contributed by atoms with Gasteiger partial charge < -0.3 is 15.5 Å². The number of halogens is 1. The van der Waals surface area contributed by atoms with Crippen molar-refractivity contribution in [1.29, 1.82) is 0 Å². The number of amides is 1. The summed E-state index contributed by atoms with van der Waals surface area (Å²) in [4.78, 5) is 23.3. The number of nitrogens with one attached hydrogen (secondary N) is 1. The van der Waals surface area contributed by atoms with Crippen LogP contribution in [-0.4, -0.2) is 34.2 Å². The van der Waals surface area contributed by atoms with Crippen LogP contribution in [0, 0.1) is 0 Å². The average Bonchev–Trinajstić information content (AvgIpc) is 3.16. The van der Waals surface area contributed by atoms with E-state index in [0.29, 0.717) is 17.9 Å². The van der Waals surface area contributed by atoms with Gasteiger partial charge in [-0.25, -0.2) is 4.79 Å². The van der Waals surface area contributed by atoms with E-state index in [0.717, 1.165) is 5.56 Å². The van der Waals surface area contributed by atoms with Crippen LogP contribution in [0.3, 0.4) is 0 Å². The third kappa shape index (κ3) is 2.78. The Morgan fingerprint density at radius 1 is 1.40 bits per heavy atom. The van der Waals surface area contributed by atoms with E-state index in [9.17, 15) is 14.7 Å². The minimum Gasteiger partial charge on any atom is -0.480 e. The first-order valence-corrected chi connectivity index (χ1v) is 6.72. The van der Waals surface area contributed by atoms with E-state index in [2.05, 4.69) is 5.32 Å². The summed E-state index contributed by atoms with van der Waals surface area (Å²) in [5, 5.41) is 21.4. The number of carboxylic acids is 1. The molecule has 5 nitrogen and oxygen atoms in total. The van der Waals surface area contributed by atoms with Crippen LogP contribution < -0.4 is 5.32 Å². The van der Waals surface area contributed by atoms with Gasteiger partial charge in [-0.3, -0.25) is 4.79 Å². The normalized spacial score (nSPS) is 18.9. The van der Waals surface area contributed by atoms with Crippen molar-refractivity contribution in [3.8, 4) is 0 Å². The van der Waals surface area contributed by atoms with Crippen LogP contribution in [0.2, 0.25) is 5.02 Å². The van der Waals surface area contributed by atoms with Crippen LogP contribution in [0.1, 0.15) is 25.3 Å². The summed E-state index contributed by atoms with van der Waals surface area (Å²) in [6.45, 7) is 1.33. The van der Waals surface area contributed by atoms with Gasteiger partial charge in [-0.1, -0.05) is 23.7 Å². The summed E-state index contributed by atoms with van der Waals surface area (Å²) < 4.78 is 0. The average molecular weight is 298 g/mol. The first-order chi connectivity index (χ1) is 9.36. The second kappa shape index (κ2) is 5.42. The second-order valence-electron chi connectivity index (χ2n) is 5.12. The van der Waals surface area contributed by atoms with E-state index in [-0.39, 0.29) is 5.91 Å². The van der Waals surface area contributed by atoms with Crippen molar-refractivity contribution in [2.45, 2.75) is 37.3 Å². The van der Waals surface area contributed by atoms with Crippen LogP contribution in [0.5, 0.6) is 0 Å². The summed E-state index contributed by atoms with van der Waals surface area (Å²) in [5.74, 6) is -1.64. The molecule has 2 atom stereocenters. The Bertz CT molecular complexity index is 540. The van der Waals surface area contributed by atoms with Gasteiger partial charge in [0.15, 0.2) is 6.04 Å². The predicted molar refractivity (Wildman–Crippen MR) is 73.6 cm³/mol. The zero-order chi connectivity index (χ0) is 14.9. The Morgan fingerprint density at radius 2 is 2.05 bits per heavy atom. The third-order valence-electron chi connectivity index (χ3n) is 3.60. The molecule has 0 spiro atoms. The van der Waals surface area contributed by atoms with Gasteiger partial charge in [0, 0.05) is 5.02 Å². The second-order valence-corrected chi connectivity index (χ2v) is 5.56. The standard InChI is InChI=1S/C14H16ClNO4/c1-8(17)11(12(18)19)16-13(20)14(5-6-14)9-3-2-4-10(15)7-9/h2-4,7-8,11,17H,5-6H2,1H3,(H,16,20)(H,18,19)/t8-,11+/m1/s1. The Kier molecular flexibility index (Phi) is 4.01. The summed E-state index contributed by atoms with van der Waals surface area (Å²) in [5.41, 5.74) is 0.0604. The summed E-state index contributed by atoms with van der Waals surface area (Å²) in [6, 6.07) is 5.69. The van der Waals surface area contributed by atoms with Gasteiger partial charge in [0.1, 0.15) is 0 Å². The van der Waals surface area contributed by atoms with Crippen molar-refractivity contribution in [2.24, 2.45) is 0 Å². The molecule has 2 rings (SSSR count). The van der Waals surface area contributed by atoms with Crippen LogP contribution in [0.25, 0.3) is 0 Å². The molecule has 20 heavy (non-hydrogen) atoms. The summed E-state index contributed by atoms with van der Waals surface area (Å²) in [6.07, 6.45) is 0.128. The van der Waals surface area contributed by atoms with E-state index in [1.54, 1.807) is 24.3 Å². The first-order valence-electron chi connectivity index (χ1n) is 6.35. The maximum absolute atomic E-state index is 12.3. The van der Waals surface area contributed by atoms with Crippen molar-refractivity contribution in [1.82, 2.24) is 5.32 Å². The van der Waals surface area contributed by atoms with Gasteiger partial charge >= 0.3 is 5.97 Å². The van der Waals surface area contributed by atoms with Crippen molar-refractivity contribution >= 4 is 23.5 Å². The topological polar surface area (TPSA) is 86.6 Å². The molecule has 1 aromatic carbocycles. The number of aliphatic carboxylic acids is 1. The molecule has 1 aromatic rings. The Labute approximate surface area is 121 Å². The predicted octanol–water partition coefficient (Wildman–Crippen LogP) is 1.32. The Morgan fingerprint density at radius 3 is 2.50 bits per heavy atom. The SMILES string of the molecule is C[C@@H](O)[C@H](NC(=O)C1(c2cccc(Cl)c2)CC1)C(=O)O. The van der Waals surface area contributed by atoms with Crippen molar-refractivity contribution in [2.75, 3.05) is 0 Å². The fourth-order valence-corrected chi connectivity index (χ4v) is 2.42. The number of benzene rings is 1. The van der Waals surface area contributed by atoms with E-state index in [1.165, 1.54) is 6.92 Å².